The van der Waals surface area contributed by atoms with E-state index < -0.39 is 0 Å². The second kappa shape index (κ2) is 23.3. The third kappa shape index (κ3) is 13.5. The first-order valence-corrected chi connectivity index (χ1v) is 18.9. The van der Waals surface area contributed by atoms with E-state index in [0.717, 1.165) is 75.4 Å². The largest absolute Gasteiger partial charge is 0.508 e. The first-order valence-electron chi connectivity index (χ1n) is 18.9. The number of aldehydes is 2. The molecule has 1 heterocycles. The summed E-state index contributed by atoms with van der Waals surface area (Å²) >= 11 is 0. The van der Waals surface area contributed by atoms with E-state index in [1.807, 2.05) is 18.2 Å². The number of likely N-dealkylation sites (tertiary alicyclic amines) is 1. The minimum atomic E-state index is -0.0288. The highest BCUT2D eigenvalue weighted by molar-refractivity contribution is 5.69. The van der Waals surface area contributed by atoms with Crippen molar-refractivity contribution in [1.82, 2.24) is 15.1 Å². The third-order valence-corrected chi connectivity index (χ3v) is 10.1. The molecule has 10 nitrogen and oxygen atoms in total. The zero-order valence-electron chi connectivity index (χ0n) is 31.1. The van der Waals surface area contributed by atoms with E-state index in [1.54, 1.807) is 13.1 Å². The molecule has 0 bridgehead atoms. The van der Waals surface area contributed by atoms with Gasteiger partial charge in [0.25, 0.3) is 0 Å². The Morgan fingerprint density at radius 2 is 1.76 bits per heavy atom. The van der Waals surface area contributed by atoms with Crippen LogP contribution in [0.5, 0.6) is 17.2 Å². The highest BCUT2D eigenvalue weighted by Crippen LogP contribution is 2.38. The number of carbonyl (C=O) groups excluding carboxylic acids is 2. The van der Waals surface area contributed by atoms with Gasteiger partial charge in [0.1, 0.15) is 35.8 Å². The zero-order chi connectivity index (χ0) is 36.1. The number of phenols is 2. The van der Waals surface area contributed by atoms with Crippen molar-refractivity contribution in [2.24, 2.45) is 0 Å². The first-order chi connectivity index (χ1) is 24.3. The normalized spacial score (nSPS) is 15.7. The molecule has 1 saturated carbocycles. The fraction of sp³-hybridized carbons (Fsp3) is 0.650. The molecule has 0 radical (unpaired) electrons. The van der Waals surface area contributed by atoms with Crippen LogP contribution in [0.3, 0.4) is 0 Å². The summed E-state index contributed by atoms with van der Waals surface area (Å²) in [6.07, 6.45) is 13.9. The van der Waals surface area contributed by atoms with Gasteiger partial charge in [-0.1, -0.05) is 50.8 Å². The molecule has 0 spiro atoms. The van der Waals surface area contributed by atoms with E-state index >= 15 is 0 Å². The van der Waals surface area contributed by atoms with Gasteiger partial charge >= 0.3 is 0 Å². The lowest BCUT2D eigenvalue weighted by Crippen LogP contribution is -2.49. The van der Waals surface area contributed by atoms with Crippen LogP contribution in [0.1, 0.15) is 94.2 Å². The molecule has 2 fully saturated rings. The Labute approximate surface area is 300 Å². The monoisotopic (exact) mass is 696 g/mol. The van der Waals surface area contributed by atoms with Crippen molar-refractivity contribution in [3.8, 4) is 17.2 Å². The number of nitrogens with zero attached hydrogens (tertiary/aromatic N) is 2. The van der Waals surface area contributed by atoms with E-state index in [2.05, 4.69) is 47.4 Å². The van der Waals surface area contributed by atoms with Crippen LogP contribution in [-0.2, 0) is 27.2 Å². The number of aryl methyl sites for hydroxylation is 1. The molecular weight excluding hydrogens is 632 g/mol. The lowest BCUT2D eigenvalue weighted by molar-refractivity contribution is -0.110. The van der Waals surface area contributed by atoms with Crippen molar-refractivity contribution >= 4 is 18.3 Å². The van der Waals surface area contributed by atoms with Crippen molar-refractivity contribution in [2.45, 2.75) is 102 Å². The first kappa shape index (κ1) is 41.2. The summed E-state index contributed by atoms with van der Waals surface area (Å²) in [5, 5.41) is 26.6. The van der Waals surface area contributed by atoms with Crippen LogP contribution >= 0.6 is 0 Å². The summed E-state index contributed by atoms with van der Waals surface area (Å²) in [7, 11) is 3.90. The molecule has 1 aliphatic carbocycles. The van der Waals surface area contributed by atoms with Crippen molar-refractivity contribution in [3.05, 3.63) is 47.0 Å². The average Bonchev–Trinajstić information content (AvgIpc) is 3.63. The molecule has 1 saturated heterocycles. The van der Waals surface area contributed by atoms with Crippen LogP contribution in [0.2, 0.25) is 0 Å². The van der Waals surface area contributed by atoms with E-state index in [0.29, 0.717) is 55.1 Å². The number of ether oxygens (including phenoxy) is 2. The minimum Gasteiger partial charge on any atom is -0.508 e. The predicted octanol–water partition coefficient (Wildman–Crippen LogP) is 5.93. The number of hydrogen-bond acceptors (Lipinski definition) is 10. The van der Waals surface area contributed by atoms with Crippen LogP contribution in [-0.4, -0.2) is 111 Å². The number of aromatic hydroxyl groups is 2. The smallest absolute Gasteiger partial charge is 0.157 e. The minimum absolute atomic E-state index is 0.0288. The van der Waals surface area contributed by atoms with Gasteiger partial charge in [-0.05, 0) is 87.9 Å². The van der Waals surface area contributed by atoms with Gasteiger partial charge in [-0.2, -0.15) is 0 Å². The Balaban J connectivity index is 0.000000271. The topological polar surface area (TPSA) is 124 Å². The highest BCUT2D eigenvalue weighted by Gasteiger charge is 2.35. The van der Waals surface area contributed by atoms with Crippen molar-refractivity contribution in [3.63, 3.8) is 0 Å². The van der Waals surface area contributed by atoms with Crippen molar-refractivity contribution < 1.29 is 29.3 Å². The Bertz CT molecular complexity index is 1260. The van der Waals surface area contributed by atoms with Gasteiger partial charge in [0, 0.05) is 64.3 Å². The lowest BCUT2D eigenvalue weighted by atomic mass is 9.87. The van der Waals surface area contributed by atoms with E-state index in [-0.39, 0.29) is 12.4 Å². The fourth-order valence-corrected chi connectivity index (χ4v) is 6.86. The Morgan fingerprint density at radius 3 is 2.46 bits per heavy atom. The predicted molar refractivity (Wildman–Crippen MR) is 202 cm³/mol. The van der Waals surface area contributed by atoms with Crippen molar-refractivity contribution in [2.75, 3.05) is 72.0 Å². The van der Waals surface area contributed by atoms with E-state index in [1.165, 1.54) is 50.5 Å². The molecule has 4 N–H and O–H groups in total. The number of phenolic OH excluding ortho intramolecular Hbond substituents is 2. The van der Waals surface area contributed by atoms with Crippen LogP contribution in [0, 0.1) is 0 Å². The molecule has 1 atom stereocenters. The molecule has 1 aliphatic heterocycles. The number of likely N-dealkylation sites (N-methyl/N-ethyl adjacent to an activating group) is 1. The van der Waals surface area contributed by atoms with E-state index in [4.69, 9.17) is 9.47 Å². The molecule has 2 aliphatic rings. The van der Waals surface area contributed by atoms with Gasteiger partial charge in [0.2, 0.25) is 0 Å². The van der Waals surface area contributed by atoms with Gasteiger partial charge < -0.3 is 40.0 Å². The van der Waals surface area contributed by atoms with Crippen LogP contribution < -0.4 is 15.4 Å². The molecule has 50 heavy (non-hydrogen) atoms. The molecule has 0 aromatic heterocycles. The standard InChI is InChI=1S/C20H35N3O3.C20H29NO3/c1-5-6-7-16(2)23(4)13-12-22-11-10-17-8-9-18(25)19(21-3)20(17)26-15-14-24;22-10-4-12-24-11-3-5-16-8-9-20(23)19(13-16)17-14-21(15-17)18-6-1-2-7-18/h8-9,14,16,21-22,25H,5-7,10-13,15H2,1-4H3;8-10,13,17-18,23H,1-7,11-12,14-15H2. The van der Waals surface area contributed by atoms with Gasteiger partial charge in [-0.25, -0.2) is 0 Å². The maximum atomic E-state index is 10.6. The molecule has 2 aromatic carbocycles. The number of anilines is 1. The maximum Gasteiger partial charge on any atom is 0.157 e. The number of unbranched alkanes of at least 4 members (excludes halogenated alkanes) is 1. The van der Waals surface area contributed by atoms with Crippen molar-refractivity contribution in [1.29, 1.82) is 0 Å². The summed E-state index contributed by atoms with van der Waals surface area (Å²) in [6.45, 7) is 10.6. The van der Waals surface area contributed by atoms with Gasteiger partial charge in [-0.15, -0.1) is 0 Å². The number of rotatable bonds is 23. The summed E-state index contributed by atoms with van der Waals surface area (Å²) in [4.78, 5) is 25.8. The molecule has 280 valence electrons. The van der Waals surface area contributed by atoms with Crippen LogP contribution in [0.15, 0.2) is 30.3 Å². The molecule has 1 unspecified atom stereocenters. The summed E-state index contributed by atoms with van der Waals surface area (Å²) in [5.41, 5.74) is 3.87. The lowest BCUT2D eigenvalue weighted by Gasteiger charge is -2.43. The van der Waals surface area contributed by atoms with Crippen LogP contribution in [0.25, 0.3) is 0 Å². The SMILES string of the molecule is CCCCC(C)N(C)CCNCCc1ccc(O)c(NC)c1OCC=O.O=CCCOCCCc1ccc(O)c(C2CN(C3CCCC3)C2)c1. The number of nitrogens with one attached hydrogen (secondary N) is 2. The molecular formula is C40H64N4O6. The fourth-order valence-electron chi connectivity index (χ4n) is 6.86. The van der Waals surface area contributed by atoms with Gasteiger partial charge in [0.05, 0.1) is 6.61 Å². The zero-order valence-corrected chi connectivity index (χ0v) is 31.1. The number of hydrogen-bond donors (Lipinski definition) is 4. The van der Waals surface area contributed by atoms with E-state index in [9.17, 15) is 19.8 Å². The summed E-state index contributed by atoms with van der Waals surface area (Å²) in [5.74, 6) is 1.59. The molecule has 10 heteroatoms. The second-order valence-corrected chi connectivity index (χ2v) is 13.8. The summed E-state index contributed by atoms with van der Waals surface area (Å²) in [6, 6.07) is 10.9. The maximum absolute atomic E-state index is 10.6. The number of carbonyl (C=O) groups is 2. The third-order valence-electron chi connectivity index (χ3n) is 10.1. The average molecular weight is 697 g/mol. The van der Waals surface area contributed by atoms with Gasteiger partial charge in [0.15, 0.2) is 6.29 Å². The Kier molecular flexibility index (Phi) is 19.2. The Morgan fingerprint density at radius 1 is 1.00 bits per heavy atom. The second-order valence-electron chi connectivity index (χ2n) is 13.8. The van der Waals surface area contributed by atoms with Crippen LogP contribution in [0.4, 0.5) is 5.69 Å². The van der Waals surface area contributed by atoms with Gasteiger partial charge in [-0.3, -0.25) is 9.69 Å². The Hall–Kier alpha value is -3.18. The molecule has 0 amide bonds. The number of benzene rings is 2. The molecule has 4 rings (SSSR count). The summed E-state index contributed by atoms with van der Waals surface area (Å²) < 4.78 is 10.9. The highest BCUT2D eigenvalue weighted by atomic mass is 16.5. The molecule has 2 aromatic rings. The quantitative estimate of drug-likeness (QED) is 0.0632.